The highest BCUT2D eigenvalue weighted by Gasteiger charge is 2.12. The summed E-state index contributed by atoms with van der Waals surface area (Å²) in [5.74, 6) is 0.737. The van der Waals surface area contributed by atoms with E-state index in [0.29, 0.717) is 0 Å². The van der Waals surface area contributed by atoms with Gasteiger partial charge >= 0.3 is 0 Å². The maximum Gasteiger partial charge on any atom is 0.160 e. The average molecular weight is 435 g/mol. The number of hydrogen-bond donors (Lipinski definition) is 0. The number of nitrogens with zero attached hydrogens (tertiary/aromatic N) is 2. The van der Waals surface area contributed by atoms with Crippen LogP contribution in [0.4, 0.5) is 0 Å². The van der Waals surface area contributed by atoms with Crippen molar-refractivity contribution in [2.45, 2.75) is 0 Å². The van der Waals surface area contributed by atoms with Crippen molar-refractivity contribution in [2.24, 2.45) is 0 Å². The molecule has 2 heteroatoms. The molecule has 0 radical (unpaired) electrons. The lowest BCUT2D eigenvalue weighted by Crippen LogP contribution is -1.95. The summed E-state index contributed by atoms with van der Waals surface area (Å²) in [6.45, 7) is 0. The first-order valence-electron chi connectivity index (χ1n) is 11.4. The van der Waals surface area contributed by atoms with E-state index in [0.717, 1.165) is 33.5 Å². The van der Waals surface area contributed by atoms with E-state index in [9.17, 15) is 0 Å². The molecule has 34 heavy (non-hydrogen) atoms. The van der Waals surface area contributed by atoms with Crippen molar-refractivity contribution in [3.63, 3.8) is 0 Å². The van der Waals surface area contributed by atoms with Crippen molar-refractivity contribution in [1.29, 1.82) is 0 Å². The Morgan fingerprint density at radius 3 is 1.35 bits per heavy atom. The minimum absolute atomic E-state index is 0.737. The van der Waals surface area contributed by atoms with Gasteiger partial charge in [-0.15, -0.1) is 0 Å². The van der Waals surface area contributed by atoms with Gasteiger partial charge in [-0.25, -0.2) is 9.97 Å². The largest absolute Gasteiger partial charge is 0.228 e. The second-order valence-electron chi connectivity index (χ2n) is 8.30. The zero-order valence-corrected chi connectivity index (χ0v) is 18.6. The van der Waals surface area contributed by atoms with E-state index >= 15 is 0 Å². The third kappa shape index (κ3) is 3.87. The monoisotopic (exact) mass is 434 g/mol. The Kier molecular flexibility index (Phi) is 5.17. The van der Waals surface area contributed by atoms with Gasteiger partial charge in [-0.3, -0.25) is 0 Å². The van der Waals surface area contributed by atoms with E-state index < -0.39 is 0 Å². The first-order valence-corrected chi connectivity index (χ1v) is 11.4. The van der Waals surface area contributed by atoms with Gasteiger partial charge in [-0.05, 0) is 28.3 Å². The molecule has 1 aromatic heterocycles. The molecule has 0 saturated carbocycles. The molecule has 0 spiro atoms. The van der Waals surface area contributed by atoms with Crippen LogP contribution in [0.1, 0.15) is 0 Å². The van der Waals surface area contributed by atoms with Crippen LogP contribution in [0.25, 0.3) is 55.8 Å². The molecule has 0 atom stereocenters. The molecule has 160 valence electrons. The molecule has 0 N–H and O–H groups in total. The van der Waals surface area contributed by atoms with Crippen molar-refractivity contribution in [3.05, 3.63) is 133 Å². The third-order valence-corrected chi connectivity index (χ3v) is 6.12. The molecular weight excluding hydrogens is 412 g/mol. The van der Waals surface area contributed by atoms with E-state index in [-0.39, 0.29) is 0 Å². The second-order valence-corrected chi connectivity index (χ2v) is 8.30. The standard InChI is InChI=1S/C32H22N2/c1-3-9-23(10-4-1)25-15-19-27(20-16-25)31-29-13-7-8-14-30(29)33-32(34-31)28-21-17-26(18-22-28)24-11-5-2-6-12-24/h1-22H. The zero-order chi connectivity index (χ0) is 22.7. The highest BCUT2D eigenvalue weighted by atomic mass is 14.9. The van der Waals surface area contributed by atoms with Crippen molar-refractivity contribution in [2.75, 3.05) is 0 Å². The number of rotatable bonds is 4. The van der Waals surface area contributed by atoms with Crippen LogP contribution in [-0.4, -0.2) is 9.97 Å². The maximum absolute atomic E-state index is 5.04. The van der Waals surface area contributed by atoms with E-state index in [1.54, 1.807) is 0 Å². The van der Waals surface area contributed by atoms with Gasteiger partial charge < -0.3 is 0 Å². The molecule has 2 nitrogen and oxygen atoms in total. The highest BCUT2D eigenvalue weighted by Crippen LogP contribution is 2.31. The summed E-state index contributed by atoms with van der Waals surface area (Å²) in [6.07, 6.45) is 0. The Morgan fingerprint density at radius 1 is 0.324 bits per heavy atom. The Balaban J connectivity index is 1.42. The topological polar surface area (TPSA) is 25.8 Å². The third-order valence-electron chi connectivity index (χ3n) is 6.12. The molecule has 0 bridgehead atoms. The fourth-order valence-corrected chi connectivity index (χ4v) is 4.32. The smallest absolute Gasteiger partial charge is 0.160 e. The van der Waals surface area contributed by atoms with Gasteiger partial charge in [0.15, 0.2) is 5.82 Å². The molecular formula is C32H22N2. The fraction of sp³-hybridized carbons (Fsp3) is 0. The van der Waals surface area contributed by atoms with E-state index in [1.807, 2.05) is 24.3 Å². The van der Waals surface area contributed by atoms with Gasteiger partial charge in [0.2, 0.25) is 0 Å². The molecule has 6 rings (SSSR count). The predicted molar refractivity (Wildman–Crippen MR) is 141 cm³/mol. The average Bonchev–Trinajstić information content (AvgIpc) is 2.94. The number of aromatic nitrogens is 2. The SMILES string of the molecule is c1ccc(-c2ccc(-c3nc(-c4ccc(-c5ccccc5)cc4)c4ccccc4n3)cc2)cc1. The summed E-state index contributed by atoms with van der Waals surface area (Å²) in [7, 11) is 0. The summed E-state index contributed by atoms with van der Waals surface area (Å²) in [4.78, 5) is 9.92. The van der Waals surface area contributed by atoms with Crippen molar-refractivity contribution < 1.29 is 0 Å². The summed E-state index contributed by atoms with van der Waals surface area (Å²) in [5.41, 5.74) is 8.77. The van der Waals surface area contributed by atoms with Gasteiger partial charge in [-0.1, -0.05) is 127 Å². The van der Waals surface area contributed by atoms with Gasteiger partial charge in [0.1, 0.15) is 0 Å². The van der Waals surface area contributed by atoms with Gasteiger partial charge in [0.25, 0.3) is 0 Å². The lowest BCUT2D eigenvalue weighted by Gasteiger charge is -2.11. The van der Waals surface area contributed by atoms with Crippen LogP contribution in [-0.2, 0) is 0 Å². The van der Waals surface area contributed by atoms with E-state index in [1.165, 1.54) is 22.3 Å². The lowest BCUT2D eigenvalue weighted by molar-refractivity contribution is 1.23. The Hall–Kier alpha value is -4.56. The number of benzene rings is 5. The summed E-state index contributed by atoms with van der Waals surface area (Å²) < 4.78 is 0. The molecule has 0 saturated heterocycles. The van der Waals surface area contributed by atoms with Gasteiger partial charge in [-0.2, -0.15) is 0 Å². The summed E-state index contributed by atoms with van der Waals surface area (Å²) in [5, 5.41) is 1.06. The quantitative estimate of drug-likeness (QED) is 0.279. The highest BCUT2D eigenvalue weighted by molar-refractivity contribution is 5.94. The minimum Gasteiger partial charge on any atom is -0.228 e. The van der Waals surface area contributed by atoms with Crippen molar-refractivity contribution in [1.82, 2.24) is 9.97 Å². The molecule has 5 aromatic carbocycles. The molecule has 0 fully saturated rings. The lowest BCUT2D eigenvalue weighted by atomic mass is 10.0. The molecule has 1 heterocycles. The first-order chi connectivity index (χ1) is 16.8. The molecule has 0 aliphatic rings. The van der Waals surface area contributed by atoms with Crippen LogP contribution < -0.4 is 0 Å². The minimum atomic E-state index is 0.737. The number of hydrogen-bond acceptors (Lipinski definition) is 2. The van der Waals surface area contributed by atoms with Crippen molar-refractivity contribution >= 4 is 10.9 Å². The maximum atomic E-state index is 5.04. The predicted octanol–water partition coefficient (Wildman–Crippen LogP) is 8.30. The number of para-hydroxylation sites is 1. The Bertz CT molecular complexity index is 1550. The number of fused-ring (bicyclic) bond motifs is 1. The Labute approximate surface area is 199 Å². The van der Waals surface area contributed by atoms with Gasteiger partial charge in [0, 0.05) is 16.5 Å². The van der Waals surface area contributed by atoms with Crippen LogP contribution in [0.2, 0.25) is 0 Å². The summed E-state index contributed by atoms with van der Waals surface area (Å²) >= 11 is 0. The zero-order valence-electron chi connectivity index (χ0n) is 18.6. The molecule has 6 aromatic rings. The van der Waals surface area contributed by atoms with Crippen LogP contribution in [0.3, 0.4) is 0 Å². The molecule has 0 aliphatic heterocycles. The first kappa shape index (κ1) is 20.1. The summed E-state index contributed by atoms with van der Waals surface area (Å²) in [6, 6.07) is 46.2. The molecule has 0 unspecified atom stereocenters. The second kappa shape index (κ2) is 8.76. The normalized spacial score (nSPS) is 10.9. The van der Waals surface area contributed by atoms with E-state index in [4.69, 9.17) is 9.97 Å². The fourth-order valence-electron chi connectivity index (χ4n) is 4.32. The Morgan fingerprint density at radius 2 is 0.765 bits per heavy atom. The van der Waals surface area contributed by atoms with Crippen LogP contribution in [0.15, 0.2) is 133 Å². The van der Waals surface area contributed by atoms with Gasteiger partial charge in [0.05, 0.1) is 11.2 Å². The van der Waals surface area contributed by atoms with Crippen LogP contribution >= 0.6 is 0 Å². The van der Waals surface area contributed by atoms with Crippen molar-refractivity contribution in [3.8, 4) is 44.9 Å². The van der Waals surface area contributed by atoms with E-state index in [2.05, 4.69) is 109 Å². The molecule has 0 amide bonds. The van der Waals surface area contributed by atoms with Crippen LogP contribution in [0, 0.1) is 0 Å². The molecule has 0 aliphatic carbocycles. The van der Waals surface area contributed by atoms with Crippen LogP contribution in [0.5, 0.6) is 0 Å².